The monoisotopic (exact) mass is 672 g/mol. The Labute approximate surface area is 277 Å². The number of ether oxygens (including phenoxy) is 1. The molecule has 7 rings (SSSR count). The number of aromatic hydroxyl groups is 4. The first kappa shape index (κ1) is 32.7. The van der Waals surface area contributed by atoms with Gasteiger partial charge in [-0.15, -0.1) is 0 Å². The smallest absolute Gasteiger partial charge is 0.201 e. The molecule has 0 bridgehead atoms. The zero-order valence-electron chi connectivity index (χ0n) is 26.0. The standard InChI is InChI=1S/C36H32O13/c1-13-8-18-25(21(39)10-13)30(43)24-15(4-3-5-20(24)38)35(18,47)17-7-6-16-27(28(17)41)31(44)26-19(9-14(2)11-22(26)40)36(16,48)34-33(46)32(45)29(42)23(12-37)49-34/h3-11,23,29,32-34,37-42,45-48H,12H2,1-2H3. The van der Waals surface area contributed by atoms with Gasteiger partial charge >= 0.3 is 0 Å². The molecule has 3 aliphatic rings. The van der Waals surface area contributed by atoms with E-state index in [1.807, 2.05) is 0 Å². The molecular weight excluding hydrogens is 640 g/mol. The van der Waals surface area contributed by atoms with Gasteiger partial charge in [0.15, 0.2) is 0 Å². The number of benzene rings is 4. The molecule has 0 spiro atoms. The van der Waals surface area contributed by atoms with E-state index in [2.05, 4.69) is 0 Å². The number of fused-ring (bicyclic) bond motifs is 4. The minimum absolute atomic E-state index is 0.185. The van der Waals surface area contributed by atoms with E-state index in [-0.39, 0.29) is 33.4 Å². The van der Waals surface area contributed by atoms with Gasteiger partial charge in [-0.2, -0.15) is 0 Å². The predicted octanol–water partition coefficient (Wildman–Crippen LogP) is 0.577. The lowest BCUT2D eigenvalue weighted by Gasteiger charge is -2.49. The number of aryl methyl sites for hydroxylation is 2. The maximum absolute atomic E-state index is 14.3. The minimum Gasteiger partial charge on any atom is -0.507 e. The number of phenols is 4. The van der Waals surface area contributed by atoms with Gasteiger partial charge in [-0.25, -0.2) is 0 Å². The minimum atomic E-state index is -2.65. The van der Waals surface area contributed by atoms with Crippen LogP contribution in [0, 0.1) is 13.8 Å². The molecule has 1 heterocycles. The summed E-state index contributed by atoms with van der Waals surface area (Å²) < 4.78 is 5.78. The van der Waals surface area contributed by atoms with Crippen molar-refractivity contribution in [2.75, 3.05) is 6.61 Å². The normalized spacial score (nSPS) is 28.8. The van der Waals surface area contributed by atoms with Crippen LogP contribution in [0.15, 0.2) is 54.6 Å². The third kappa shape index (κ3) is 4.18. The Morgan fingerprint density at radius 3 is 1.82 bits per heavy atom. The Bertz CT molecular complexity index is 2110. The van der Waals surface area contributed by atoms with Crippen molar-refractivity contribution < 1.29 is 65.4 Å². The second-order valence-electron chi connectivity index (χ2n) is 12.9. The number of phenolic OH excluding ortho intramolecular Hbond substituents is 4. The fourth-order valence-corrected chi connectivity index (χ4v) is 7.69. The number of aliphatic hydroxyl groups excluding tert-OH is 4. The third-order valence-electron chi connectivity index (χ3n) is 9.95. The van der Waals surface area contributed by atoms with Gasteiger partial charge in [0.25, 0.3) is 0 Å². The van der Waals surface area contributed by atoms with Gasteiger partial charge in [0.2, 0.25) is 11.6 Å². The van der Waals surface area contributed by atoms with E-state index in [1.165, 1.54) is 42.5 Å². The van der Waals surface area contributed by atoms with Crippen molar-refractivity contribution >= 4 is 11.6 Å². The average Bonchev–Trinajstić information content (AvgIpc) is 3.04. The molecule has 1 fully saturated rings. The molecule has 0 radical (unpaired) electrons. The van der Waals surface area contributed by atoms with Crippen LogP contribution in [-0.2, 0) is 15.9 Å². The molecule has 1 saturated heterocycles. The van der Waals surface area contributed by atoms with Gasteiger partial charge in [-0.1, -0.05) is 36.4 Å². The van der Waals surface area contributed by atoms with Crippen molar-refractivity contribution in [1.82, 2.24) is 0 Å². The van der Waals surface area contributed by atoms with Gasteiger partial charge < -0.3 is 55.8 Å². The fourth-order valence-electron chi connectivity index (χ4n) is 7.69. The summed E-state index contributed by atoms with van der Waals surface area (Å²) in [5, 5.41) is 113. The number of ketones is 2. The lowest BCUT2D eigenvalue weighted by Crippen LogP contribution is -2.65. The van der Waals surface area contributed by atoms with E-state index < -0.39 is 99.6 Å². The molecule has 49 heavy (non-hydrogen) atoms. The zero-order valence-corrected chi connectivity index (χ0v) is 26.0. The molecule has 10 N–H and O–H groups in total. The third-order valence-corrected chi connectivity index (χ3v) is 9.95. The van der Waals surface area contributed by atoms with Crippen LogP contribution in [0.3, 0.4) is 0 Å². The molecular formula is C36H32O13. The molecule has 4 aromatic rings. The van der Waals surface area contributed by atoms with Crippen LogP contribution in [0.2, 0.25) is 0 Å². The fraction of sp³-hybridized carbons (Fsp3) is 0.278. The lowest BCUT2D eigenvalue weighted by atomic mass is 9.65. The van der Waals surface area contributed by atoms with Crippen LogP contribution < -0.4 is 0 Å². The van der Waals surface area contributed by atoms with Crippen molar-refractivity contribution in [2.45, 2.75) is 55.6 Å². The quantitative estimate of drug-likeness (QED) is 0.143. The highest BCUT2D eigenvalue weighted by molar-refractivity contribution is 6.18. The first-order valence-corrected chi connectivity index (χ1v) is 15.3. The topological polar surface area (TPSA) is 246 Å². The van der Waals surface area contributed by atoms with Crippen LogP contribution in [0.25, 0.3) is 0 Å². The van der Waals surface area contributed by atoms with E-state index >= 15 is 0 Å². The average molecular weight is 673 g/mol. The molecule has 0 amide bonds. The molecule has 0 saturated carbocycles. The van der Waals surface area contributed by atoms with Crippen molar-refractivity contribution in [1.29, 1.82) is 0 Å². The van der Waals surface area contributed by atoms with Crippen LogP contribution >= 0.6 is 0 Å². The number of carbonyl (C=O) groups is 2. The van der Waals surface area contributed by atoms with Gasteiger partial charge in [-0.3, -0.25) is 9.59 Å². The van der Waals surface area contributed by atoms with E-state index in [0.717, 1.165) is 12.1 Å². The number of rotatable bonds is 3. The second kappa shape index (κ2) is 10.8. The van der Waals surface area contributed by atoms with E-state index in [9.17, 15) is 60.7 Å². The molecule has 0 aromatic heterocycles. The van der Waals surface area contributed by atoms with Crippen LogP contribution in [0.4, 0.5) is 0 Å². The number of hydrogen-bond donors (Lipinski definition) is 10. The highest BCUT2D eigenvalue weighted by Gasteiger charge is 2.59. The summed E-state index contributed by atoms with van der Waals surface area (Å²) in [5.74, 6) is -4.45. The molecule has 13 nitrogen and oxygen atoms in total. The highest BCUT2D eigenvalue weighted by Crippen LogP contribution is 2.55. The van der Waals surface area contributed by atoms with Gasteiger partial charge in [0.1, 0.15) is 64.7 Å². The molecule has 1 aliphatic heterocycles. The number of aliphatic hydroxyl groups is 6. The maximum atomic E-state index is 14.3. The molecule has 7 unspecified atom stereocenters. The summed E-state index contributed by atoms with van der Waals surface area (Å²) >= 11 is 0. The maximum Gasteiger partial charge on any atom is 0.201 e. The highest BCUT2D eigenvalue weighted by atomic mass is 16.6. The van der Waals surface area contributed by atoms with Crippen molar-refractivity contribution in [2.24, 2.45) is 0 Å². The SMILES string of the molecule is Cc1cc(O)c2c(c1)C(O)(c1ccc3c(c1O)C(=O)c1c(O)cc(C)cc1C3(O)C1OC(CO)C(O)C(O)C1O)c1cccc(O)c1C2=O. The molecule has 254 valence electrons. The Morgan fingerprint density at radius 1 is 0.633 bits per heavy atom. The van der Waals surface area contributed by atoms with Gasteiger partial charge in [0.05, 0.1) is 28.9 Å². The van der Waals surface area contributed by atoms with Gasteiger partial charge in [-0.05, 0) is 43.2 Å². The predicted molar refractivity (Wildman–Crippen MR) is 168 cm³/mol. The zero-order chi connectivity index (χ0) is 35.5. The van der Waals surface area contributed by atoms with Crippen LogP contribution in [-0.4, -0.2) is 99.8 Å². The molecule has 13 heteroatoms. The van der Waals surface area contributed by atoms with E-state index in [4.69, 9.17) is 4.74 Å². The largest absolute Gasteiger partial charge is 0.507 e. The summed E-state index contributed by atoms with van der Waals surface area (Å²) in [5.41, 5.74) is -7.79. The molecule has 2 aliphatic carbocycles. The molecule has 7 atom stereocenters. The van der Waals surface area contributed by atoms with Crippen LogP contribution in [0.1, 0.15) is 70.8 Å². The summed E-state index contributed by atoms with van der Waals surface area (Å²) in [6.45, 7) is 2.29. The summed E-state index contributed by atoms with van der Waals surface area (Å²) in [7, 11) is 0. The summed E-state index contributed by atoms with van der Waals surface area (Å²) in [4.78, 5) is 28.0. The van der Waals surface area contributed by atoms with Crippen molar-refractivity contribution in [3.05, 3.63) is 116 Å². The van der Waals surface area contributed by atoms with Crippen molar-refractivity contribution in [3.63, 3.8) is 0 Å². The number of carbonyl (C=O) groups excluding carboxylic acids is 2. The van der Waals surface area contributed by atoms with Crippen molar-refractivity contribution in [3.8, 4) is 23.0 Å². The Balaban J connectivity index is 1.56. The second-order valence-corrected chi connectivity index (χ2v) is 12.9. The van der Waals surface area contributed by atoms with Crippen LogP contribution in [0.5, 0.6) is 23.0 Å². The molecule has 4 aromatic carbocycles. The number of hydrogen-bond acceptors (Lipinski definition) is 13. The Morgan fingerprint density at radius 2 is 1.18 bits per heavy atom. The Kier molecular flexibility index (Phi) is 7.22. The van der Waals surface area contributed by atoms with E-state index in [1.54, 1.807) is 13.8 Å². The van der Waals surface area contributed by atoms with E-state index in [0.29, 0.717) is 11.1 Å². The summed E-state index contributed by atoms with van der Waals surface area (Å²) in [6, 6.07) is 11.4. The van der Waals surface area contributed by atoms with Gasteiger partial charge in [0, 0.05) is 27.8 Å². The lowest BCUT2D eigenvalue weighted by molar-refractivity contribution is -0.265. The first-order valence-electron chi connectivity index (χ1n) is 15.3. The first-order chi connectivity index (χ1) is 23.1. The summed E-state index contributed by atoms with van der Waals surface area (Å²) in [6.07, 6.45) is -9.19. The Hall–Kier alpha value is -4.86.